The van der Waals surface area contributed by atoms with Gasteiger partial charge in [-0.2, -0.15) is 0 Å². The summed E-state index contributed by atoms with van der Waals surface area (Å²) in [7, 11) is 1.61. The summed E-state index contributed by atoms with van der Waals surface area (Å²) in [5.74, 6) is 0.425. The molecule has 1 amide bonds. The molecule has 144 valence electrons. The lowest BCUT2D eigenvalue weighted by Crippen LogP contribution is -2.31. The number of nitrogens with zero attached hydrogens (tertiary/aromatic N) is 1. The first-order valence-corrected chi connectivity index (χ1v) is 9.28. The summed E-state index contributed by atoms with van der Waals surface area (Å²) in [6.45, 7) is 0. The Morgan fingerprint density at radius 2 is 1.52 bits per heavy atom. The Balaban J connectivity index is 1.86. The fourth-order valence-corrected chi connectivity index (χ4v) is 3.63. The maximum Gasteiger partial charge on any atom is 0.275 e. The number of para-hydroxylation sites is 1. The highest BCUT2D eigenvalue weighted by molar-refractivity contribution is 6.22. The molecule has 1 atom stereocenters. The van der Waals surface area contributed by atoms with Gasteiger partial charge >= 0.3 is 0 Å². The number of benzene rings is 3. The molecular formula is C24H21N3O2. The third-order valence-electron chi connectivity index (χ3n) is 5.07. The largest absolute Gasteiger partial charge is 0.497 e. The van der Waals surface area contributed by atoms with Crippen molar-refractivity contribution >= 4 is 17.3 Å². The van der Waals surface area contributed by atoms with Crippen molar-refractivity contribution in [1.82, 2.24) is 0 Å². The van der Waals surface area contributed by atoms with E-state index in [1.807, 2.05) is 84.9 Å². The predicted molar refractivity (Wildman–Crippen MR) is 114 cm³/mol. The van der Waals surface area contributed by atoms with Crippen molar-refractivity contribution in [1.29, 1.82) is 5.41 Å². The van der Waals surface area contributed by atoms with Gasteiger partial charge in [0, 0.05) is 11.3 Å². The zero-order chi connectivity index (χ0) is 20.4. The van der Waals surface area contributed by atoms with E-state index in [9.17, 15) is 4.79 Å². The molecule has 0 aromatic heterocycles. The Bertz CT molecular complexity index is 1070. The van der Waals surface area contributed by atoms with Crippen LogP contribution < -0.4 is 15.4 Å². The molecule has 1 unspecified atom stereocenters. The van der Waals surface area contributed by atoms with Crippen LogP contribution in [0.15, 0.2) is 96.2 Å². The molecule has 0 saturated carbocycles. The molecule has 3 aromatic carbocycles. The molecule has 3 aromatic rings. The van der Waals surface area contributed by atoms with Gasteiger partial charge in [0.25, 0.3) is 5.91 Å². The molecule has 0 bridgehead atoms. The van der Waals surface area contributed by atoms with Crippen LogP contribution in [0.2, 0.25) is 0 Å². The highest BCUT2D eigenvalue weighted by Gasteiger charge is 2.41. The van der Waals surface area contributed by atoms with Gasteiger partial charge in [0.1, 0.15) is 11.4 Å². The van der Waals surface area contributed by atoms with E-state index in [1.165, 1.54) is 0 Å². The van der Waals surface area contributed by atoms with Gasteiger partial charge in [0.05, 0.1) is 18.9 Å². The van der Waals surface area contributed by atoms with Crippen LogP contribution in [0.3, 0.4) is 0 Å². The Morgan fingerprint density at radius 3 is 2.10 bits per heavy atom. The van der Waals surface area contributed by atoms with Gasteiger partial charge in [0.2, 0.25) is 0 Å². The smallest absolute Gasteiger partial charge is 0.275 e. The molecule has 1 heterocycles. The minimum Gasteiger partial charge on any atom is -0.497 e. The number of rotatable bonds is 5. The summed E-state index contributed by atoms with van der Waals surface area (Å²) in [6.07, 6.45) is 0. The van der Waals surface area contributed by atoms with Crippen LogP contribution in [0, 0.1) is 5.41 Å². The molecule has 1 aliphatic heterocycles. The third-order valence-corrected chi connectivity index (χ3v) is 5.07. The lowest BCUT2D eigenvalue weighted by Gasteiger charge is -2.28. The standard InChI is InChI=1S/C24H21N3O2/c1-29-19-14-12-17(13-15-19)23-20(21(25)16-8-4-2-5-9-16)22(26)24(28)27(23)18-10-6-3-7-11-18/h2-15,23,25H,26H2,1H3. The monoisotopic (exact) mass is 383 g/mol. The van der Waals surface area contributed by atoms with E-state index in [0.29, 0.717) is 11.1 Å². The quantitative estimate of drug-likeness (QED) is 0.652. The molecular weight excluding hydrogens is 362 g/mol. The maximum atomic E-state index is 13.2. The molecule has 1 aliphatic rings. The minimum absolute atomic E-state index is 0.100. The van der Waals surface area contributed by atoms with Gasteiger partial charge in [-0.25, -0.2) is 0 Å². The van der Waals surface area contributed by atoms with Crippen LogP contribution in [-0.2, 0) is 4.79 Å². The average Bonchev–Trinajstić information content (AvgIpc) is 3.05. The number of ether oxygens (including phenoxy) is 1. The number of methoxy groups -OCH3 is 1. The normalized spacial score (nSPS) is 16.2. The van der Waals surface area contributed by atoms with E-state index >= 15 is 0 Å². The number of hydrogen-bond acceptors (Lipinski definition) is 4. The van der Waals surface area contributed by atoms with Crippen LogP contribution in [0.25, 0.3) is 0 Å². The highest BCUT2D eigenvalue weighted by atomic mass is 16.5. The second-order valence-electron chi connectivity index (χ2n) is 6.75. The number of anilines is 1. The summed E-state index contributed by atoms with van der Waals surface area (Å²) in [4.78, 5) is 14.8. The minimum atomic E-state index is -0.497. The van der Waals surface area contributed by atoms with Gasteiger partial charge in [-0.1, -0.05) is 60.7 Å². The zero-order valence-electron chi connectivity index (χ0n) is 16.0. The van der Waals surface area contributed by atoms with E-state index in [0.717, 1.165) is 17.0 Å². The first-order valence-electron chi connectivity index (χ1n) is 9.28. The predicted octanol–water partition coefficient (Wildman–Crippen LogP) is 4.06. The van der Waals surface area contributed by atoms with E-state index < -0.39 is 6.04 Å². The number of amides is 1. The Hall–Kier alpha value is -3.86. The Morgan fingerprint density at radius 1 is 0.931 bits per heavy atom. The van der Waals surface area contributed by atoms with Crippen molar-refractivity contribution < 1.29 is 9.53 Å². The van der Waals surface area contributed by atoms with Crippen LogP contribution >= 0.6 is 0 Å². The van der Waals surface area contributed by atoms with E-state index in [1.54, 1.807) is 12.0 Å². The second kappa shape index (κ2) is 7.64. The van der Waals surface area contributed by atoms with Crippen molar-refractivity contribution in [2.45, 2.75) is 6.04 Å². The zero-order valence-corrected chi connectivity index (χ0v) is 16.0. The van der Waals surface area contributed by atoms with E-state index in [-0.39, 0.29) is 17.3 Å². The Labute approximate surface area is 169 Å². The summed E-state index contributed by atoms with van der Waals surface area (Å²) >= 11 is 0. The molecule has 0 spiro atoms. The Kier molecular flexibility index (Phi) is 4.87. The third kappa shape index (κ3) is 3.27. The van der Waals surface area contributed by atoms with Crippen molar-refractivity contribution in [3.8, 4) is 5.75 Å². The number of hydrogen-bond donors (Lipinski definition) is 2. The number of carbonyl (C=O) groups excluding carboxylic acids is 1. The van der Waals surface area contributed by atoms with Crippen molar-refractivity contribution in [3.63, 3.8) is 0 Å². The summed E-state index contributed by atoms with van der Waals surface area (Å²) < 4.78 is 5.27. The van der Waals surface area contributed by atoms with Crippen molar-refractivity contribution in [2.24, 2.45) is 5.73 Å². The SMILES string of the molecule is COc1ccc(C2C(C(=N)c3ccccc3)=C(N)C(=O)N2c2ccccc2)cc1. The summed E-state index contributed by atoms with van der Waals surface area (Å²) in [6, 6.07) is 25.7. The number of nitrogens with two attached hydrogens (primary N) is 1. The van der Waals surface area contributed by atoms with Crippen molar-refractivity contribution in [3.05, 3.63) is 107 Å². The highest BCUT2D eigenvalue weighted by Crippen LogP contribution is 2.41. The van der Waals surface area contributed by atoms with Gasteiger partial charge in [0.15, 0.2) is 0 Å². The van der Waals surface area contributed by atoms with Gasteiger partial charge in [-0.15, -0.1) is 0 Å². The molecule has 4 rings (SSSR count). The van der Waals surface area contributed by atoms with Gasteiger partial charge in [-0.3, -0.25) is 15.1 Å². The van der Waals surface area contributed by atoms with E-state index in [4.69, 9.17) is 15.9 Å². The molecule has 0 saturated heterocycles. The lowest BCUT2D eigenvalue weighted by molar-refractivity contribution is -0.114. The average molecular weight is 383 g/mol. The molecule has 5 heteroatoms. The summed E-state index contributed by atoms with van der Waals surface area (Å²) in [5, 5.41) is 8.82. The topological polar surface area (TPSA) is 79.4 Å². The molecule has 29 heavy (non-hydrogen) atoms. The van der Waals surface area contributed by atoms with Crippen molar-refractivity contribution in [2.75, 3.05) is 12.0 Å². The molecule has 3 N–H and O–H groups in total. The van der Waals surface area contributed by atoms with Gasteiger partial charge < -0.3 is 10.5 Å². The van der Waals surface area contributed by atoms with Gasteiger partial charge in [-0.05, 0) is 35.4 Å². The number of carbonyl (C=O) groups is 1. The molecule has 0 aliphatic carbocycles. The first-order chi connectivity index (χ1) is 14.1. The fraction of sp³-hybridized carbons (Fsp3) is 0.0833. The lowest BCUT2D eigenvalue weighted by atomic mass is 9.91. The number of nitrogens with one attached hydrogen (secondary N) is 1. The second-order valence-corrected chi connectivity index (χ2v) is 6.75. The molecule has 0 radical (unpaired) electrons. The molecule has 5 nitrogen and oxygen atoms in total. The van der Waals surface area contributed by atoms with E-state index in [2.05, 4.69) is 0 Å². The van der Waals surface area contributed by atoms with Crippen LogP contribution in [0.4, 0.5) is 5.69 Å². The first kappa shape index (κ1) is 18.5. The van der Waals surface area contributed by atoms with Crippen LogP contribution in [0.5, 0.6) is 5.75 Å². The fourth-order valence-electron chi connectivity index (χ4n) is 3.63. The van der Waals surface area contributed by atoms with Crippen LogP contribution in [0.1, 0.15) is 17.2 Å². The van der Waals surface area contributed by atoms with Crippen LogP contribution in [-0.4, -0.2) is 18.7 Å². The summed E-state index contributed by atoms with van der Waals surface area (Å²) in [5.41, 5.74) is 9.46. The maximum absolute atomic E-state index is 13.2. The molecule has 0 fully saturated rings.